The molecule has 2 saturated heterocycles. The molecule has 0 radical (unpaired) electrons. The summed E-state index contributed by atoms with van der Waals surface area (Å²) in [5.74, 6) is -21.5. The number of hydrogen-bond donors (Lipinski definition) is 0. The van der Waals surface area contributed by atoms with Crippen LogP contribution in [0.4, 0.5) is 70.2 Å². The van der Waals surface area contributed by atoms with Gasteiger partial charge in [-0.05, 0) is 25.0 Å². The third-order valence-corrected chi connectivity index (χ3v) is 17.1. The highest BCUT2D eigenvalue weighted by molar-refractivity contribution is 7.91. The van der Waals surface area contributed by atoms with Crippen LogP contribution in [0, 0.1) is 0 Å². The first-order valence-electron chi connectivity index (χ1n) is 28.1. The van der Waals surface area contributed by atoms with Crippen molar-refractivity contribution in [2.75, 3.05) is 26.4 Å². The summed E-state index contributed by atoms with van der Waals surface area (Å²) in [6.07, 6.45) is -56.9. The highest BCUT2D eigenvalue weighted by Crippen LogP contribution is 2.51. The van der Waals surface area contributed by atoms with Crippen LogP contribution in [-0.4, -0.2) is 207 Å². The van der Waals surface area contributed by atoms with E-state index < -0.39 is 292 Å². The predicted octanol–water partition coefficient (Wildman–Crippen LogP) is 2.89. The third kappa shape index (κ3) is 17.5. The molecule has 2 aliphatic heterocycles. The van der Waals surface area contributed by atoms with Crippen LogP contribution in [0.25, 0.3) is 21.5 Å². The molecule has 10 atom stereocenters. The van der Waals surface area contributed by atoms with Gasteiger partial charge in [0.15, 0.2) is 49.2 Å². The Morgan fingerprint density at radius 3 is 0.873 bits per heavy atom. The van der Waals surface area contributed by atoms with E-state index in [9.17, 15) is 91.9 Å². The Hall–Kier alpha value is -8.20. The highest BCUT2D eigenvalue weighted by Gasteiger charge is 2.76. The number of rotatable bonds is 32. The van der Waals surface area contributed by atoms with Crippen LogP contribution in [0.15, 0.2) is 31.3 Å². The number of halogens is 16. The van der Waals surface area contributed by atoms with Gasteiger partial charge in [0.2, 0.25) is 0 Å². The molecule has 0 amide bonds. The van der Waals surface area contributed by atoms with Gasteiger partial charge in [-0.25, -0.2) is 9.47 Å². The van der Waals surface area contributed by atoms with Gasteiger partial charge in [0.25, 0.3) is 22.2 Å². The highest BCUT2D eigenvalue weighted by atomic mass is 32.2. The van der Waals surface area contributed by atoms with Crippen LogP contribution >= 0.6 is 0 Å². The number of ether oxygens (including phenoxy) is 14. The maximum absolute atomic E-state index is 15.5. The van der Waals surface area contributed by atoms with Crippen LogP contribution in [0.2, 0.25) is 0 Å². The number of esters is 8. The van der Waals surface area contributed by atoms with Crippen LogP contribution in [0.5, 0.6) is 0 Å². The monoisotopic (exact) mass is 1550 g/mol. The van der Waals surface area contributed by atoms with E-state index in [2.05, 4.69) is 9.47 Å². The molecule has 574 valence electrons. The number of nitrogens with zero attached hydrogens (tertiary/aromatic N) is 2. The van der Waals surface area contributed by atoms with Gasteiger partial charge in [-0.2, -0.15) is 95.0 Å². The van der Waals surface area contributed by atoms with Crippen molar-refractivity contribution in [3.8, 4) is 0 Å². The zero-order valence-electron chi connectivity index (χ0n) is 52.6. The van der Waals surface area contributed by atoms with Gasteiger partial charge in [-0.15, -0.1) is 0 Å². The van der Waals surface area contributed by atoms with Gasteiger partial charge in [0.05, 0.1) is 34.8 Å². The number of benzene rings is 1. The molecule has 102 heavy (non-hydrogen) atoms. The van der Waals surface area contributed by atoms with Crippen molar-refractivity contribution in [2.45, 2.75) is 189 Å². The molecular weight excluding hydrogens is 1500 g/mol. The summed E-state index contributed by atoms with van der Waals surface area (Å²) in [6.45, 7) is 1.74. The zero-order chi connectivity index (χ0) is 78.1. The van der Waals surface area contributed by atoms with E-state index in [1.165, 1.54) is 0 Å². The smallest absolute Gasteiger partial charge is 0.454 e. The van der Waals surface area contributed by atoms with Gasteiger partial charge in [0.1, 0.15) is 25.4 Å². The van der Waals surface area contributed by atoms with Crippen LogP contribution in [0.3, 0.4) is 0 Å². The quantitative estimate of drug-likeness (QED) is 0.0375. The Bertz CT molecular complexity index is 3840. The molecule has 32 nitrogen and oxygen atoms in total. The first-order valence-corrected chi connectivity index (χ1v) is 31.0. The fourth-order valence-electron chi connectivity index (χ4n) is 9.41. The maximum atomic E-state index is 15.5. The molecule has 0 N–H and O–H groups in total. The number of carbonyl (C=O) groups is 8. The second-order valence-corrected chi connectivity index (χ2v) is 25.2. The predicted molar refractivity (Wildman–Crippen MR) is 290 cm³/mol. The van der Waals surface area contributed by atoms with E-state index in [0.717, 1.165) is 55.4 Å². The molecule has 2 aliphatic rings. The van der Waals surface area contributed by atoms with Crippen LogP contribution < -0.4 is 22.2 Å². The summed E-state index contributed by atoms with van der Waals surface area (Å²) >= 11 is 0. The summed E-state index contributed by atoms with van der Waals surface area (Å²) in [7, 11) is -16.2. The fraction of sp³-hybridized carbons (Fsp3) is 0.654. The number of carbonyl (C=O) groups excluding carboxylic acids is 8. The molecule has 2 aromatic heterocycles. The average molecular weight is 1550 g/mol. The molecule has 3 aromatic rings. The van der Waals surface area contributed by atoms with Crippen molar-refractivity contribution in [1.29, 1.82) is 0 Å². The number of hydrogen-bond acceptors (Lipinski definition) is 30. The van der Waals surface area contributed by atoms with E-state index in [-0.39, 0.29) is 0 Å². The van der Waals surface area contributed by atoms with Crippen LogP contribution in [0.1, 0.15) is 81.1 Å². The van der Waals surface area contributed by atoms with Gasteiger partial charge in [-0.3, -0.25) is 57.5 Å². The first kappa shape index (κ1) is 84.5. The van der Waals surface area contributed by atoms with Crippen molar-refractivity contribution in [3.05, 3.63) is 53.5 Å². The minimum absolute atomic E-state index is 0.487. The lowest BCUT2D eigenvalue weighted by Crippen LogP contribution is -2.63. The molecule has 0 spiro atoms. The zero-order valence-corrected chi connectivity index (χ0v) is 54.2. The van der Waals surface area contributed by atoms with E-state index >= 15 is 52.7 Å². The van der Waals surface area contributed by atoms with Crippen molar-refractivity contribution < 1.29 is 192 Å². The van der Waals surface area contributed by atoms with E-state index in [0.29, 0.717) is 0 Å². The minimum Gasteiger partial charge on any atom is -0.463 e. The Balaban J connectivity index is 1.37. The summed E-state index contributed by atoms with van der Waals surface area (Å²) < 4.78 is 357. The number of fused-ring (bicyclic) bond motifs is 2. The lowest BCUT2D eigenvalue weighted by Gasteiger charge is -2.44. The van der Waals surface area contributed by atoms with Crippen molar-refractivity contribution in [1.82, 2.24) is 7.94 Å². The van der Waals surface area contributed by atoms with Gasteiger partial charge < -0.3 is 56.8 Å². The van der Waals surface area contributed by atoms with Crippen molar-refractivity contribution in [2.24, 2.45) is 0 Å². The molecule has 5 rings (SSSR count). The van der Waals surface area contributed by atoms with E-state index in [4.69, 9.17) is 56.8 Å². The molecule has 4 unspecified atom stereocenters. The Kier molecular flexibility index (Phi) is 25.4. The topological polar surface area (TPSA) is 412 Å². The Morgan fingerprint density at radius 1 is 0.382 bits per heavy atom. The number of aromatic nitrogens is 2. The second-order valence-electron chi connectivity index (χ2n) is 21.5. The molecule has 2 fully saturated rings. The molecular formula is C52H52F16N2O30S2. The Labute approximate surface area is 557 Å². The first-order chi connectivity index (χ1) is 46.4. The molecule has 4 heterocycles. The summed E-state index contributed by atoms with van der Waals surface area (Å²) in [6, 6.07) is -0.974. The van der Waals surface area contributed by atoms with Gasteiger partial charge in [-0.1, -0.05) is 0 Å². The lowest BCUT2D eigenvalue weighted by atomic mass is 9.98. The SMILES string of the molecule is CC(=O)OCC1O[C@@H](OCCCC(F)(F)C(F)(F)OC(F)(F)C(F)(F)S(=O)(=O)n2c(=O)c3cc4c(=O)n(S(=O)(=O)C(F)(F)C(F)(F)OC(F)(F)C(F)(F)CCCO[C@@H]5OC(COC(C)=O)[C@H](OC(C)=O)[C@H](OC(C)=O)C5OC(C)=O)c(=O)c4cc3c2=O)C(OC(C)=O)[C@@H](OC(C)=O)[C@H]1OC(C)=O. The largest absolute Gasteiger partial charge is 0.463 e. The molecule has 0 saturated carbocycles. The van der Waals surface area contributed by atoms with Crippen LogP contribution in [-0.2, 0) is 125 Å². The van der Waals surface area contributed by atoms with Crippen molar-refractivity contribution >= 4 is 89.3 Å². The minimum atomic E-state index is -8.09. The van der Waals surface area contributed by atoms with Gasteiger partial charge >= 0.3 is 115 Å². The summed E-state index contributed by atoms with van der Waals surface area (Å²) in [5, 5.41) is -23.0. The molecule has 50 heteroatoms. The van der Waals surface area contributed by atoms with E-state index in [1.807, 2.05) is 0 Å². The average Bonchev–Trinajstić information content (AvgIpc) is 1.61. The Morgan fingerprint density at radius 2 is 0.627 bits per heavy atom. The lowest BCUT2D eigenvalue weighted by molar-refractivity contribution is -0.456. The number of alkyl halides is 16. The standard InChI is InChI=1S/C52H52F16N2O30S2/c1-19(71)89-17-31-33(91-21(3)73)35(93-23(5)75)37(95-25(7)77)43(97-31)87-13-9-11-45(53,54)47(57,58)99-49(61,62)51(65,66)101(83,84)69-39(79)27-15-29-30(16-28(27)40(69)80)42(82)70(41(29)81)102(85,86)52(67,68)50(63,64)100-48(59,60)46(55,56)12-10-14-88-44-38(96-26(8)78)36(94-24(6)76)34(92-22(4)74)32(98-44)18-90-20(2)72/h15-16,31-38,43-44H,9-14,17-18H2,1-8H3/t31?,32?,33-,34-,35-,36-,37?,38?,43+,44+/m0/s1. The normalized spacial score (nSPS) is 22.2. The van der Waals surface area contributed by atoms with E-state index in [1.54, 1.807) is 0 Å². The molecule has 0 aliphatic carbocycles. The summed E-state index contributed by atoms with van der Waals surface area (Å²) in [5.41, 5.74) is -11.9. The molecule has 0 bridgehead atoms. The third-order valence-electron chi connectivity index (χ3n) is 13.7. The summed E-state index contributed by atoms with van der Waals surface area (Å²) in [4.78, 5) is 148. The molecule has 1 aromatic carbocycles. The maximum Gasteiger partial charge on any atom is 0.454 e. The van der Waals surface area contributed by atoms with Crippen molar-refractivity contribution in [3.63, 3.8) is 0 Å². The fourth-order valence-corrected chi connectivity index (χ4v) is 11.8. The second kappa shape index (κ2) is 30.6. The van der Waals surface area contributed by atoms with Gasteiger partial charge in [0, 0.05) is 68.2 Å².